The number of hydrogen-bond donors (Lipinski definition) is 2. The Bertz CT molecular complexity index is 528. The van der Waals surface area contributed by atoms with Crippen molar-refractivity contribution >= 4 is 15.7 Å². The molecule has 0 aromatic heterocycles. The van der Waals surface area contributed by atoms with Crippen molar-refractivity contribution in [1.29, 1.82) is 0 Å². The number of hydrogen-bond acceptors (Lipinski definition) is 4. The normalized spacial score (nSPS) is 12.4. The lowest BCUT2D eigenvalue weighted by molar-refractivity contribution is -0.139. The molecule has 0 heterocycles. The van der Waals surface area contributed by atoms with E-state index in [2.05, 4.69) is 0 Å². The van der Waals surface area contributed by atoms with Gasteiger partial charge in [0.25, 0.3) is 0 Å². The van der Waals surface area contributed by atoms with Crippen molar-refractivity contribution in [1.82, 2.24) is 0 Å². The first-order valence-electron chi connectivity index (χ1n) is 4.72. The molecule has 9 heteroatoms. The smallest absolute Gasteiger partial charge is 0.392 e. The summed E-state index contributed by atoms with van der Waals surface area (Å²) in [5, 5.41) is 4.88. The summed E-state index contributed by atoms with van der Waals surface area (Å²) in [7, 11) is -4.04. The van der Waals surface area contributed by atoms with Gasteiger partial charge in [-0.2, -0.15) is 13.2 Å². The van der Waals surface area contributed by atoms with E-state index in [0.29, 0.717) is 0 Å². The molecular formula is C9H11F3N2O3S. The topological polar surface area (TPSA) is 95.4 Å². The summed E-state index contributed by atoms with van der Waals surface area (Å²) < 4.78 is 62.7. The number of ether oxygens (including phenoxy) is 1. The number of anilines is 1. The number of rotatable bonds is 4. The Morgan fingerprint density at radius 1 is 1.28 bits per heavy atom. The van der Waals surface area contributed by atoms with Crippen LogP contribution in [0.5, 0.6) is 5.75 Å². The maximum atomic E-state index is 11.9. The van der Waals surface area contributed by atoms with Crippen LogP contribution >= 0.6 is 0 Å². The van der Waals surface area contributed by atoms with E-state index in [9.17, 15) is 21.6 Å². The predicted molar refractivity (Wildman–Crippen MR) is 58.4 cm³/mol. The van der Waals surface area contributed by atoms with Crippen molar-refractivity contribution in [3.8, 4) is 5.75 Å². The number of benzene rings is 1. The number of nitrogen functional groups attached to an aromatic ring is 1. The number of para-hydroxylation sites is 1. The number of nitrogens with two attached hydrogens (primary N) is 2. The Balaban J connectivity index is 2.86. The number of halogens is 3. The molecule has 18 heavy (non-hydrogen) atoms. The molecule has 102 valence electrons. The highest BCUT2D eigenvalue weighted by Crippen LogP contribution is 2.28. The Kier molecular flexibility index (Phi) is 4.07. The van der Waals surface area contributed by atoms with Crippen LogP contribution in [0.25, 0.3) is 0 Å². The van der Waals surface area contributed by atoms with Gasteiger partial charge in [-0.05, 0) is 12.1 Å². The zero-order valence-electron chi connectivity index (χ0n) is 9.07. The third-order valence-corrected chi connectivity index (χ3v) is 2.94. The van der Waals surface area contributed by atoms with Crippen LogP contribution in [0.2, 0.25) is 0 Å². The molecule has 0 saturated heterocycles. The molecule has 0 aliphatic carbocycles. The number of alkyl halides is 3. The summed E-state index contributed by atoms with van der Waals surface area (Å²) in [6.07, 6.45) is -5.52. The number of sulfonamides is 1. The van der Waals surface area contributed by atoms with Crippen molar-refractivity contribution in [2.45, 2.75) is 17.5 Å². The largest absolute Gasteiger partial charge is 0.491 e. The monoisotopic (exact) mass is 284 g/mol. The van der Waals surface area contributed by atoms with Gasteiger partial charge in [0.15, 0.2) is 0 Å². The van der Waals surface area contributed by atoms with Crippen molar-refractivity contribution < 1.29 is 26.3 Å². The van der Waals surface area contributed by atoms with E-state index in [1.54, 1.807) is 0 Å². The quantitative estimate of drug-likeness (QED) is 0.813. The van der Waals surface area contributed by atoms with Gasteiger partial charge in [-0.1, -0.05) is 6.07 Å². The first-order chi connectivity index (χ1) is 8.11. The van der Waals surface area contributed by atoms with E-state index in [4.69, 9.17) is 15.6 Å². The third kappa shape index (κ3) is 4.08. The highest BCUT2D eigenvalue weighted by atomic mass is 32.2. The van der Waals surface area contributed by atoms with E-state index >= 15 is 0 Å². The van der Waals surface area contributed by atoms with E-state index in [-0.39, 0.29) is 16.3 Å². The summed E-state index contributed by atoms with van der Waals surface area (Å²) in [6, 6.07) is 3.68. The Morgan fingerprint density at radius 2 is 1.89 bits per heavy atom. The zero-order valence-corrected chi connectivity index (χ0v) is 9.88. The summed E-state index contributed by atoms with van der Waals surface area (Å²) in [6.45, 7) is -0.651. The van der Waals surface area contributed by atoms with E-state index < -0.39 is 29.2 Å². The van der Waals surface area contributed by atoms with Crippen LogP contribution in [0.3, 0.4) is 0 Å². The lowest BCUT2D eigenvalue weighted by Gasteiger charge is -2.12. The summed E-state index contributed by atoms with van der Waals surface area (Å²) >= 11 is 0. The van der Waals surface area contributed by atoms with E-state index in [0.717, 1.165) is 6.07 Å². The van der Waals surface area contributed by atoms with Gasteiger partial charge in [0.1, 0.15) is 10.6 Å². The molecular weight excluding hydrogens is 273 g/mol. The molecule has 0 saturated carbocycles. The average Bonchev–Trinajstić information content (AvgIpc) is 2.17. The minimum atomic E-state index is -4.35. The molecule has 0 spiro atoms. The van der Waals surface area contributed by atoms with Crippen LogP contribution in [-0.2, 0) is 10.0 Å². The second-order valence-corrected chi connectivity index (χ2v) is 4.96. The summed E-state index contributed by atoms with van der Waals surface area (Å²) in [5.74, 6) is -0.147. The molecule has 0 aliphatic heterocycles. The van der Waals surface area contributed by atoms with Gasteiger partial charge in [0.05, 0.1) is 18.7 Å². The van der Waals surface area contributed by atoms with Crippen LogP contribution < -0.4 is 15.6 Å². The summed E-state index contributed by atoms with van der Waals surface area (Å²) in [5.41, 5.74) is 5.15. The van der Waals surface area contributed by atoms with Crippen molar-refractivity contribution in [2.75, 3.05) is 12.3 Å². The Labute approximate surface area is 102 Å². The standard InChI is InChI=1S/C9H11F3N2O3S/c10-9(11,12)4-5-17-6-2-1-3-7(8(6)13)18(14,15)16/h1-3H,4-5,13H2,(H2,14,15,16). The molecule has 0 amide bonds. The zero-order chi connectivity index (χ0) is 14.0. The molecule has 1 aromatic rings. The van der Waals surface area contributed by atoms with Crippen molar-refractivity contribution in [3.63, 3.8) is 0 Å². The Hall–Kier alpha value is -1.48. The molecule has 0 bridgehead atoms. The highest BCUT2D eigenvalue weighted by molar-refractivity contribution is 7.89. The van der Waals surface area contributed by atoms with Gasteiger partial charge >= 0.3 is 6.18 Å². The molecule has 4 N–H and O–H groups in total. The lowest BCUT2D eigenvalue weighted by atomic mass is 10.3. The van der Waals surface area contributed by atoms with Crippen LogP contribution in [-0.4, -0.2) is 21.2 Å². The third-order valence-electron chi connectivity index (χ3n) is 1.98. The van der Waals surface area contributed by atoms with Crippen LogP contribution in [0.4, 0.5) is 18.9 Å². The lowest BCUT2D eigenvalue weighted by Crippen LogP contribution is -2.16. The van der Waals surface area contributed by atoms with Gasteiger partial charge in [-0.3, -0.25) is 0 Å². The molecule has 1 rings (SSSR count). The minimum Gasteiger partial charge on any atom is -0.491 e. The van der Waals surface area contributed by atoms with E-state index in [1.807, 2.05) is 0 Å². The second-order valence-electron chi connectivity index (χ2n) is 3.43. The van der Waals surface area contributed by atoms with Crippen LogP contribution in [0.1, 0.15) is 6.42 Å². The molecule has 0 atom stereocenters. The van der Waals surface area contributed by atoms with Gasteiger partial charge in [-0.15, -0.1) is 0 Å². The Morgan fingerprint density at radius 3 is 2.39 bits per heavy atom. The number of primary sulfonamides is 1. The molecule has 0 aliphatic rings. The van der Waals surface area contributed by atoms with Crippen molar-refractivity contribution in [3.05, 3.63) is 18.2 Å². The van der Waals surface area contributed by atoms with Gasteiger partial charge in [-0.25, -0.2) is 13.6 Å². The fourth-order valence-electron chi connectivity index (χ4n) is 1.17. The fraction of sp³-hybridized carbons (Fsp3) is 0.333. The van der Waals surface area contributed by atoms with Gasteiger partial charge in [0.2, 0.25) is 10.0 Å². The summed E-state index contributed by atoms with van der Waals surface area (Å²) in [4.78, 5) is -0.382. The maximum Gasteiger partial charge on any atom is 0.392 e. The van der Waals surface area contributed by atoms with Crippen LogP contribution in [0.15, 0.2) is 23.1 Å². The highest BCUT2D eigenvalue weighted by Gasteiger charge is 2.27. The molecule has 0 fully saturated rings. The van der Waals surface area contributed by atoms with Crippen LogP contribution in [0, 0.1) is 0 Å². The minimum absolute atomic E-state index is 0.147. The molecule has 0 unspecified atom stereocenters. The van der Waals surface area contributed by atoms with Gasteiger partial charge in [0, 0.05) is 0 Å². The maximum absolute atomic E-state index is 11.9. The SMILES string of the molecule is Nc1c(OCCC(F)(F)F)cccc1S(N)(=O)=O. The van der Waals surface area contributed by atoms with Crippen molar-refractivity contribution in [2.24, 2.45) is 5.14 Å². The molecule has 5 nitrogen and oxygen atoms in total. The first kappa shape index (κ1) is 14.6. The van der Waals surface area contributed by atoms with Gasteiger partial charge < -0.3 is 10.5 Å². The fourth-order valence-corrected chi connectivity index (χ4v) is 1.85. The molecule has 0 radical (unpaired) electrons. The first-order valence-corrected chi connectivity index (χ1v) is 6.27. The van der Waals surface area contributed by atoms with E-state index in [1.165, 1.54) is 12.1 Å². The second kappa shape index (κ2) is 5.02. The molecule has 1 aromatic carbocycles. The predicted octanol–water partition coefficient (Wildman–Crippen LogP) is 1.25. The average molecular weight is 284 g/mol.